The Balaban J connectivity index is 1.61. The van der Waals surface area contributed by atoms with Gasteiger partial charge in [0.1, 0.15) is 6.04 Å². The first-order valence-corrected chi connectivity index (χ1v) is 8.62. The number of nitrogens with zero attached hydrogens (tertiary/aromatic N) is 2. The van der Waals surface area contributed by atoms with E-state index in [1.54, 1.807) is 6.92 Å². The van der Waals surface area contributed by atoms with Gasteiger partial charge in [-0.15, -0.1) is 0 Å². The molecular formula is C16H26N4O4. The zero-order valence-corrected chi connectivity index (χ0v) is 14.3. The van der Waals surface area contributed by atoms with Crippen molar-refractivity contribution in [3.63, 3.8) is 0 Å². The number of hydrogen-bond donors (Lipinski definition) is 2. The number of nitrogens with one attached hydrogen (secondary N) is 2. The summed E-state index contributed by atoms with van der Waals surface area (Å²) in [6.07, 6.45) is 3.70. The largest absolute Gasteiger partial charge is 0.381 e. The number of aryl methyl sites for hydroxylation is 1. The van der Waals surface area contributed by atoms with Gasteiger partial charge in [0.15, 0.2) is 5.82 Å². The molecule has 1 aromatic rings. The lowest BCUT2D eigenvalue weighted by molar-refractivity contribution is 0.0224. The van der Waals surface area contributed by atoms with Crippen molar-refractivity contribution in [2.24, 2.45) is 5.92 Å². The summed E-state index contributed by atoms with van der Waals surface area (Å²) in [6, 6.07) is -0.536. The number of ether oxygens (including phenoxy) is 2. The van der Waals surface area contributed by atoms with Crippen molar-refractivity contribution in [1.82, 2.24) is 20.8 Å². The lowest BCUT2D eigenvalue weighted by atomic mass is 9.91. The SMILES string of the molecule is Cc1noc([C@H](NC(=O)NC[C@]2(C)CCCO2)C2CCOCC2)n1. The van der Waals surface area contributed by atoms with Crippen LogP contribution in [0.5, 0.6) is 0 Å². The van der Waals surface area contributed by atoms with Gasteiger partial charge in [-0.1, -0.05) is 5.16 Å². The lowest BCUT2D eigenvalue weighted by Crippen LogP contribution is -2.47. The van der Waals surface area contributed by atoms with E-state index in [4.69, 9.17) is 14.0 Å². The molecular weight excluding hydrogens is 312 g/mol. The molecule has 0 spiro atoms. The average molecular weight is 338 g/mol. The zero-order chi connectivity index (χ0) is 17.0. The van der Waals surface area contributed by atoms with E-state index in [9.17, 15) is 4.79 Å². The van der Waals surface area contributed by atoms with Crippen molar-refractivity contribution >= 4 is 6.03 Å². The van der Waals surface area contributed by atoms with Crippen molar-refractivity contribution in [3.05, 3.63) is 11.7 Å². The van der Waals surface area contributed by atoms with E-state index >= 15 is 0 Å². The van der Waals surface area contributed by atoms with Crippen LogP contribution in [-0.4, -0.2) is 48.1 Å². The predicted octanol–water partition coefficient (Wildman–Crippen LogP) is 1.71. The van der Waals surface area contributed by atoms with Crippen molar-refractivity contribution < 1.29 is 18.8 Å². The third-order valence-corrected chi connectivity index (χ3v) is 4.76. The van der Waals surface area contributed by atoms with Gasteiger partial charge < -0.3 is 24.6 Å². The first kappa shape index (κ1) is 17.2. The van der Waals surface area contributed by atoms with Crippen molar-refractivity contribution in [2.75, 3.05) is 26.4 Å². The Bertz CT molecular complexity index is 550. The molecule has 8 nitrogen and oxygen atoms in total. The molecule has 1 aromatic heterocycles. The highest BCUT2D eigenvalue weighted by atomic mass is 16.5. The van der Waals surface area contributed by atoms with Crippen LogP contribution < -0.4 is 10.6 Å². The summed E-state index contributed by atoms with van der Waals surface area (Å²) in [6.45, 7) is 6.41. The summed E-state index contributed by atoms with van der Waals surface area (Å²) in [5, 5.41) is 9.77. The summed E-state index contributed by atoms with van der Waals surface area (Å²) >= 11 is 0. The average Bonchev–Trinajstić information content (AvgIpc) is 3.21. The molecule has 24 heavy (non-hydrogen) atoms. The molecule has 0 saturated carbocycles. The molecule has 2 amide bonds. The molecule has 3 rings (SSSR count). The standard InChI is InChI=1S/C16H26N4O4/c1-11-18-14(24-20-11)13(12-4-8-22-9-5-12)19-15(21)17-10-16(2)6-3-7-23-16/h12-13H,3-10H2,1-2H3,(H2,17,19,21)/t13-,16+/m1/s1. The molecule has 0 aliphatic carbocycles. The molecule has 2 saturated heterocycles. The Morgan fingerprint density at radius 1 is 1.38 bits per heavy atom. The van der Waals surface area contributed by atoms with E-state index in [0.717, 1.165) is 32.3 Å². The van der Waals surface area contributed by atoms with Gasteiger partial charge in [0.2, 0.25) is 5.89 Å². The van der Waals surface area contributed by atoms with Crippen molar-refractivity contribution in [1.29, 1.82) is 0 Å². The van der Waals surface area contributed by atoms with E-state index in [-0.39, 0.29) is 23.6 Å². The van der Waals surface area contributed by atoms with Crippen LogP contribution in [-0.2, 0) is 9.47 Å². The Hall–Kier alpha value is -1.67. The van der Waals surface area contributed by atoms with Crippen molar-refractivity contribution in [3.8, 4) is 0 Å². The second-order valence-corrected chi connectivity index (χ2v) is 6.84. The number of rotatable bonds is 5. The Morgan fingerprint density at radius 3 is 2.79 bits per heavy atom. The third-order valence-electron chi connectivity index (χ3n) is 4.76. The summed E-state index contributed by atoms with van der Waals surface area (Å²) in [5.74, 6) is 1.25. The quantitative estimate of drug-likeness (QED) is 0.848. The molecule has 2 fully saturated rings. The molecule has 2 aliphatic rings. The number of aromatic nitrogens is 2. The normalized spacial score (nSPS) is 26.2. The molecule has 0 radical (unpaired) electrons. The smallest absolute Gasteiger partial charge is 0.315 e. The minimum atomic E-state index is -0.299. The topological polar surface area (TPSA) is 98.5 Å². The number of carbonyl (C=O) groups is 1. The van der Waals surface area contributed by atoms with Gasteiger partial charge in [-0.3, -0.25) is 0 Å². The van der Waals surface area contributed by atoms with Crippen molar-refractivity contribution in [2.45, 2.75) is 51.2 Å². The molecule has 0 aromatic carbocycles. The van der Waals surface area contributed by atoms with Crippen LogP contribution in [0.4, 0.5) is 4.79 Å². The van der Waals surface area contributed by atoms with Crippen LogP contribution >= 0.6 is 0 Å². The Labute approximate surface area is 141 Å². The van der Waals surface area contributed by atoms with Crippen LogP contribution in [0.25, 0.3) is 0 Å². The number of hydrogen-bond acceptors (Lipinski definition) is 6. The maximum atomic E-state index is 12.4. The summed E-state index contributed by atoms with van der Waals surface area (Å²) in [4.78, 5) is 16.7. The fourth-order valence-corrected chi connectivity index (χ4v) is 3.31. The van der Waals surface area contributed by atoms with Gasteiger partial charge in [-0.25, -0.2) is 4.79 Å². The Morgan fingerprint density at radius 2 is 2.17 bits per heavy atom. The molecule has 0 unspecified atom stereocenters. The fraction of sp³-hybridized carbons (Fsp3) is 0.812. The van der Waals surface area contributed by atoms with Crippen LogP contribution in [0.2, 0.25) is 0 Å². The van der Waals surface area contributed by atoms with Gasteiger partial charge >= 0.3 is 6.03 Å². The molecule has 2 atom stereocenters. The van der Waals surface area contributed by atoms with Crippen LogP contribution in [0.3, 0.4) is 0 Å². The second-order valence-electron chi connectivity index (χ2n) is 6.84. The van der Waals surface area contributed by atoms with Gasteiger partial charge in [-0.05, 0) is 45.4 Å². The summed E-state index contributed by atoms with van der Waals surface area (Å²) in [5.41, 5.74) is -0.271. The predicted molar refractivity (Wildman–Crippen MR) is 85.4 cm³/mol. The fourth-order valence-electron chi connectivity index (χ4n) is 3.31. The van der Waals surface area contributed by atoms with Crippen LogP contribution in [0, 0.1) is 12.8 Å². The van der Waals surface area contributed by atoms with Gasteiger partial charge in [-0.2, -0.15) is 4.98 Å². The zero-order valence-electron chi connectivity index (χ0n) is 14.3. The maximum Gasteiger partial charge on any atom is 0.315 e. The van der Waals surface area contributed by atoms with E-state index in [1.807, 2.05) is 6.92 Å². The summed E-state index contributed by atoms with van der Waals surface area (Å²) < 4.78 is 16.4. The first-order valence-electron chi connectivity index (χ1n) is 8.62. The molecule has 3 heterocycles. The van der Waals surface area contributed by atoms with Gasteiger partial charge in [0.05, 0.1) is 5.60 Å². The number of urea groups is 1. The van der Waals surface area contributed by atoms with E-state index in [2.05, 4.69) is 20.8 Å². The molecule has 2 N–H and O–H groups in total. The van der Waals surface area contributed by atoms with Gasteiger partial charge in [0, 0.05) is 26.4 Å². The number of carbonyl (C=O) groups excluding carboxylic acids is 1. The van der Waals surface area contributed by atoms with E-state index < -0.39 is 0 Å². The highest BCUT2D eigenvalue weighted by Crippen LogP contribution is 2.29. The minimum absolute atomic E-state index is 0.225. The lowest BCUT2D eigenvalue weighted by Gasteiger charge is -2.29. The highest BCUT2D eigenvalue weighted by molar-refractivity contribution is 5.74. The number of amides is 2. The summed E-state index contributed by atoms with van der Waals surface area (Å²) in [7, 11) is 0. The third kappa shape index (κ3) is 4.24. The monoisotopic (exact) mass is 338 g/mol. The Kier molecular flexibility index (Phi) is 5.35. The highest BCUT2D eigenvalue weighted by Gasteiger charge is 2.33. The molecule has 134 valence electrons. The van der Waals surface area contributed by atoms with Crippen LogP contribution in [0.1, 0.15) is 50.4 Å². The van der Waals surface area contributed by atoms with Gasteiger partial charge in [0.25, 0.3) is 0 Å². The van der Waals surface area contributed by atoms with E-state index in [1.165, 1.54) is 0 Å². The first-order chi connectivity index (χ1) is 11.6. The maximum absolute atomic E-state index is 12.4. The molecule has 8 heteroatoms. The van der Waals surface area contributed by atoms with Crippen LogP contribution in [0.15, 0.2) is 4.52 Å². The molecule has 2 aliphatic heterocycles. The minimum Gasteiger partial charge on any atom is -0.381 e. The second kappa shape index (κ2) is 7.48. The molecule has 0 bridgehead atoms. The van der Waals surface area contributed by atoms with E-state index in [0.29, 0.717) is 31.5 Å².